The third kappa shape index (κ3) is 3.19. The number of aliphatic hydroxyl groups is 5. The van der Waals surface area contributed by atoms with Gasteiger partial charge in [0.1, 0.15) is 0 Å². The van der Waals surface area contributed by atoms with Crippen molar-refractivity contribution in [1.29, 1.82) is 0 Å². The quantitative estimate of drug-likeness (QED) is 0.124. The van der Waals surface area contributed by atoms with Crippen LogP contribution in [0.5, 0.6) is 0 Å². The van der Waals surface area contributed by atoms with Crippen molar-refractivity contribution in [3.8, 4) is 0 Å². The van der Waals surface area contributed by atoms with Crippen LogP contribution in [0.25, 0.3) is 12.2 Å². The zero-order chi connectivity index (χ0) is 21.4. The summed E-state index contributed by atoms with van der Waals surface area (Å²) in [7, 11) is -2.16. The van der Waals surface area contributed by atoms with Gasteiger partial charge in [0.25, 0.3) is 11.6 Å². The molecule has 0 amide bonds. The summed E-state index contributed by atoms with van der Waals surface area (Å²) in [6, 6.07) is 2.96. The average Bonchev–Trinajstić information content (AvgIpc) is 3.39. The van der Waals surface area contributed by atoms with Crippen LogP contribution < -0.4 is 10.4 Å². The van der Waals surface area contributed by atoms with E-state index in [1.54, 1.807) is 19.1 Å². The maximum Gasteiger partial charge on any atom is 0.278 e. The Morgan fingerprint density at radius 1 is 1.17 bits per heavy atom. The summed E-state index contributed by atoms with van der Waals surface area (Å²) in [6.45, 7) is 2.66. The van der Waals surface area contributed by atoms with Crippen molar-refractivity contribution in [3.05, 3.63) is 38.2 Å². The van der Waals surface area contributed by atoms with Crippen molar-refractivity contribution >= 4 is 26.3 Å². The number of fused-ring (bicyclic) bond motifs is 1. The first-order valence-corrected chi connectivity index (χ1v) is 10.2. The number of nitro benzene ring substituents is 1. The zero-order valence-corrected chi connectivity index (χ0v) is 16.7. The fourth-order valence-electron chi connectivity index (χ4n) is 3.53. The van der Waals surface area contributed by atoms with Crippen LogP contribution in [0.2, 0.25) is 0 Å². The molecule has 12 heteroatoms. The lowest BCUT2D eigenvalue weighted by Crippen LogP contribution is -2.34. The molecule has 5 N–H and O–H groups in total. The highest BCUT2D eigenvalue weighted by molar-refractivity contribution is 7.48. The number of benzene rings is 1. The summed E-state index contributed by atoms with van der Waals surface area (Å²) in [4.78, 5) is 10.9. The van der Waals surface area contributed by atoms with Crippen molar-refractivity contribution in [2.75, 3.05) is 6.54 Å². The van der Waals surface area contributed by atoms with Crippen molar-refractivity contribution < 1.29 is 35.0 Å². The van der Waals surface area contributed by atoms with E-state index in [1.807, 2.05) is 6.08 Å². The van der Waals surface area contributed by atoms with Gasteiger partial charge in [0.05, 0.1) is 22.8 Å². The number of β-amino-alcohol motifs (C(OH)–C–C–N with tert-alkyl or cyclic N) is 2. The fraction of sp³-hybridized carbons (Fsp3) is 0.529. The molecule has 3 aliphatic rings. The summed E-state index contributed by atoms with van der Waals surface area (Å²) in [5, 5.41) is 62.3. The summed E-state index contributed by atoms with van der Waals surface area (Å²) in [5.74, 6) is -4.75. The molecule has 11 nitrogen and oxygen atoms in total. The molecule has 2 heterocycles. The minimum Gasteiger partial charge on any atom is -0.369 e. The normalized spacial score (nSPS) is 32.9. The van der Waals surface area contributed by atoms with Crippen LogP contribution in [0.15, 0.2) is 12.1 Å². The standard InChI is InChI=1S/C17H22N3O8P/c1-10(11-7-8-14(19(26)27)13-6-4-3-5-12(11)13)28-29(18-9-16(18,22)23)20-15(2,21)17(20,24)25/h5-8,10,21-25H,3-4,9H2,1-2H3. The fourth-order valence-corrected chi connectivity index (χ4v) is 5.78. The largest absolute Gasteiger partial charge is 0.369 e. The monoisotopic (exact) mass is 427 g/mol. The lowest BCUT2D eigenvalue weighted by atomic mass is 9.99. The van der Waals surface area contributed by atoms with Gasteiger partial charge in [-0.15, -0.1) is 0 Å². The second-order valence-corrected chi connectivity index (χ2v) is 9.14. The van der Waals surface area contributed by atoms with E-state index in [4.69, 9.17) is 4.52 Å². The van der Waals surface area contributed by atoms with E-state index in [9.17, 15) is 35.6 Å². The van der Waals surface area contributed by atoms with Gasteiger partial charge in [0.15, 0.2) is 5.72 Å². The molecule has 4 rings (SSSR count). The Kier molecular flexibility index (Phi) is 4.63. The van der Waals surface area contributed by atoms with Gasteiger partial charge in [0, 0.05) is 6.07 Å². The maximum atomic E-state index is 11.3. The molecule has 0 radical (unpaired) electrons. The van der Waals surface area contributed by atoms with E-state index in [0.717, 1.165) is 9.34 Å². The molecule has 5 unspecified atom stereocenters. The molecule has 1 aromatic carbocycles. The molecule has 0 saturated carbocycles. The molecule has 2 saturated heterocycles. The second kappa shape index (κ2) is 6.48. The highest BCUT2D eigenvalue weighted by Gasteiger charge is 2.79. The number of nitrogens with zero attached hydrogens (tertiary/aromatic N) is 3. The number of rotatable bonds is 6. The van der Waals surface area contributed by atoms with E-state index in [-0.39, 0.29) is 12.2 Å². The Morgan fingerprint density at radius 2 is 1.72 bits per heavy atom. The Bertz CT molecular complexity index is 981. The minimum absolute atomic E-state index is 0.0107. The SMILES string of the molecule is CC(OP(N1CC1(O)O)N1C(C)(O)C1(O)O)c1ccc([N+](=O)[O-])c2c1=CCCC=2. The Balaban J connectivity index is 1.68. The summed E-state index contributed by atoms with van der Waals surface area (Å²) < 4.78 is 7.92. The van der Waals surface area contributed by atoms with Gasteiger partial charge in [-0.05, 0) is 43.5 Å². The van der Waals surface area contributed by atoms with Gasteiger partial charge in [-0.1, -0.05) is 12.2 Å². The van der Waals surface area contributed by atoms with Crippen molar-refractivity contribution in [2.45, 2.75) is 50.3 Å². The smallest absolute Gasteiger partial charge is 0.278 e. The van der Waals surface area contributed by atoms with Crippen LogP contribution in [0.1, 0.15) is 38.4 Å². The van der Waals surface area contributed by atoms with Crippen molar-refractivity contribution in [3.63, 3.8) is 0 Å². The predicted octanol–water partition coefficient (Wildman–Crippen LogP) is -1.13. The lowest BCUT2D eigenvalue weighted by Gasteiger charge is -2.25. The highest BCUT2D eigenvalue weighted by atomic mass is 31.2. The second-order valence-electron chi connectivity index (χ2n) is 7.54. The maximum absolute atomic E-state index is 11.3. The van der Waals surface area contributed by atoms with Crippen LogP contribution in [0.3, 0.4) is 0 Å². The molecule has 2 aliphatic heterocycles. The van der Waals surface area contributed by atoms with Crippen LogP contribution in [-0.2, 0) is 4.52 Å². The van der Waals surface area contributed by atoms with Crippen LogP contribution in [-0.4, -0.2) is 63.9 Å². The van der Waals surface area contributed by atoms with Crippen LogP contribution >= 0.6 is 8.45 Å². The molecular weight excluding hydrogens is 405 g/mol. The topological polar surface area (TPSA) is 160 Å². The molecule has 29 heavy (non-hydrogen) atoms. The predicted molar refractivity (Wildman–Crippen MR) is 100 cm³/mol. The van der Waals surface area contributed by atoms with Gasteiger partial charge in [-0.2, -0.15) is 9.34 Å². The average molecular weight is 427 g/mol. The number of non-ortho nitro benzene ring substituents is 1. The molecular formula is C17H22N3O8P. The van der Waals surface area contributed by atoms with Gasteiger partial charge in [-0.25, -0.2) is 0 Å². The third-order valence-electron chi connectivity index (χ3n) is 5.39. The van der Waals surface area contributed by atoms with E-state index < -0.39 is 37.0 Å². The molecule has 0 aromatic heterocycles. The van der Waals surface area contributed by atoms with E-state index in [0.29, 0.717) is 28.8 Å². The number of hydrogen-bond donors (Lipinski definition) is 5. The molecule has 1 aliphatic carbocycles. The highest BCUT2D eigenvalue weighted by Crippen LogP contribution is 2.69. The minimum atomic E-state index is -2.58. The Hall–Kier alpha value is -1.53. The van der Waals surface area contributed by atoms with Gasteiger partial charge in [-0.3, -0.25) is 10.1 Å². The van der Waals surface area contributed by atoms with E-state index >= 15 is 0 Å². The summed E-state index contributed by atoms with van der Waals surface area (Å²) >= 11 is 0. The molecule has 0 spiro atoms. The lowest BCUT2D eigenvalue weighted by molar-refractivity contribution is -0.386. The van der Waals surface area contributed by atoms with E-state index in [1.165, 1.54) is 13.0 Å². The van der Waals surface area contributed by atoms with Crippen LogP contribution in [0.4, 0.5) is 5.69 Å². The van der Waals surface area contributed by atoms with Gasteiger partial charge >= 0.3 is 0 Å². The number of hydrogen-bond acceptors (Lipinski definition) is 10. The first-order chi connectivity index (χ1) is 13.4. The molecule has 158 valence electrons. The first-order valence-electron chi connectivity index (χ1n) is 9.04. The Morgan fingerprint density at radius 3 is 2.21 bits per heavy atom. The molecule has 1 aromatic rings. The first kappa shape index (κ1) is 20.7. The van der Waals surface area contributed by atoms with Crippen molar-refractivity contribution in [1.82, 2.24) is 9.34 Å². The Labute approximate surface area is 166 Å². The zero-order valence-electron chi connectivity index (χ0n) is 15.8. The molecule has 2 fully saturated rings. The number of nitro groups is 1. The van der Waals surface area contributed by atoms with Crippen molar-refractivity contribution in [2.24, 2.45) is 0 Å². The van der Waals surface area contributed by atoms with Gasteiger partial charge in [0.2, 0.25) is 14.4 Å². The third-order valence-corrected chi connectivity index (χ3v) is 7.78. The molecule has 0 bridgehead atoms. The summed E-state index contributed by atoms with van der Waals surface area (Å²) in [6.07, 6.45) is 4.38. The summed E-state index contributed by atoms with van der Waals surface area (Å²) in [5.41, 5.74) is -1.39. The van der Waals surface area contributed by atoms with Crippen LogP contribution in [0, 0.1) is 10.1 Å². The van der Waals surface area contributed by atoms with Gasteiger partial charge < -0.3 is 30.1 Å². The van der Waals surface area contributed by atoms with E-state index in [2.05, 4.69) is 0 Å². The molecule has 5 atom stereocenters.